The summed E-state index contributed by atoms with van der Waals surface area (Å²) in [6, 6.07) is 7.32. The number of aliphatic hydroxyl groups is 1. The van der Waals surface area contributed by atoms with Crippen LogP contribution in [0.3, 0.4) is 0 Å². The van der Waals surface area contributed by atoms with Crippen molar-refractivity contribution in [3.63, 3.8) is 0 Å². The van der Waals surface area contributed by atoms with Crippen molar-refractivity contribution in [1.29, 1.82) is 0 Å². The number of rotatable bonds is 3. The van der Waals surface area contributed by atoms with Gasteiger partial charge < -0.3 is 24.6 Å². The van der Waals surface area contributed by atoms with Gasteiger partial charge in [0.1, 0.15) is 0 Å². The van der Waals surface area contributed by atoms with Gasteiger partial charge in [-0.25, -0.2) is 0 Å². The van der Waals surface area contributed by atoms with Gasteiger partial charge in [-0.05, 0) is 25.3 Å². The summed E-state index contributed by atoms with van der Waals surface area (Å²) >= 11 is 0. The SMILES string of the molecule is Cn1cc(C(=O)N[C@@H]2C[C@@H](C(=O)N3CCOCC3)CC[C@H]2O)c2ccccc21. The molecule has 2 heterocycles. The summed E-state index contributed by atoms with van der Waals surface area (Å²) in [7, 11) is 1.91. The lowest BCUT2D eigenvalue weighted by molar-refractivity contribution is -0.141. The van der Waals surface area contributed by atoms with Crippen LogP contribution in [0.25, 0.3) is 10.9 Å². The fourth-order valence-electron chi connectivity index (χ4n) is 4.34. The first-order chi connectivity index (χ1) is 13.5. The number of fused-ring (bicyclic) bond motifs is 1. The first-order valence-electron chi connectivity index (χ1n) is 9.94. The second kappa shape index (κ2) is 7.93. The molecule has 2 fully saturated rings. The van der Waals surface area contributed by atoms with Gasteiger partial charge in [-0.2, -0.15) is 0 Å². The van der Waals surface area contributed by atoms with Crippen molar-refractivity contribution in [2.45, 2.75) is 31.4 Å². The maximum Gasteiger partial charge on any atom is 0.253 e. The number of hydrogen-bond acceptors (Lipinski definition) is 4. The number of nitrogens with one attached hydrogen (secondary N) is 1. The lowest BCUT2D eigenvalue weighted by atomic mass is 9.82. The molecule has 1 aromatic carbocycles. The monoisotopic (exact) mass is 385 g/mol. The highest BCUT2D eigenvalue weighted by Gasteiger charge is 2.36. The molecule has 7 heteroatoms. The Balaban J connectivity index is 1.46. The molecule has 1 aliphatic carbocycles. The average molecular weight is 385 g/mol. The molecule has 4 rings (SSSR count). The molecule has 1 saturated heterocycles. The van der Waals surface area contributed by atoms with Crippen LogP contribution in [0.1, 0.15) is 29.6 Å². The molecule has 2 amide bonds. The van der Waals surface area contributed by atoms with Crippen LogP contribution in [0.2, 0.25) is 0 Å². The number of aryl methyl sites for hydroxylation is 1. The summed E-state index contributed by atoms with van der Waals surface area (Å²) in [5.74, 6) is -0.265. The summed E-state index contributed by atoms with van der Waals surface area (Å²) in [4.78, 5) is 27.6. The maximum atomic E-state index is 12.9. The lowest BCUT2D eigenvalue weighted by Crippen LogP contribution is -2.51. The zero-order valence-electron chi connectivity index (χ0n) is 16.1. The molecule has 1 aliphatic heterocycles. The Morgan fingerprint density at radius 1 is 1.18 bits per heavy atom. The van der Waals surface area contributed by atoms with Gasteiger partial charge in [-0.1, -0.05) is 18.2 Å². The predicted molar refractivity (Wildman–Crippen MR) is 105 cm³/mol. The van der Waals surface area contributed by atoms with E-state index in [1.165, 1.54) is 0 Å². The van der Waals surface area contributed by atoms with Crippen LogP contribution in [-0.2, 0) is 16.6 Å². The summed E-state index contributed by atoms with van der Waals surface area (Å²) < 4.78 is 7.24. The van der Waals surface area contributed by atoms with Gasteiger partial charge in [0.25, 0.3) is 5.91 Å². The number of benzene rings is 1. The Hall–Kier alpha value is -2.38. The summed E-state index contributed by atoms with van der Waals surface area (Å²) in [6.07, 6.45) is 2.81. The number of nitrogens with zero attached hydrogens (tertiary/aromatic N) is 2. The van der Waals surface area contributed by atoms with E-state index in [0.29, 0.717) is 51.1 Å². The van der Waals surface area contributed by atoms with Crippen molar-refractivity contribution in [1.82, 2.24) is 14.8 Å². The van der Waals surface area contributed by atoms with Crippen molar-refractivity contribution in [3.8, 4) is 0 Å². The highest BCUT2D eigenvalue weighted by atomic mass is 16.5. The molecule has 150 valence electrons. The number of carbonyl (C=O) groups is 2. The Kier molecular flexibility index (Phi) is 5.37. The second-order valence-electron chi connectivity index (χ2n) is 7.77. The van der Waals surface area contributed by atoms with E-state index >= 15 is 0 Å². The molecule has 0 unspecified atom stereocenters. The van der Waals surface area contributed by atoms with E-state index in [1.54, 1.807) is 0 Å². The van der Waals surface area contributed by atoms with Gasteiger partial charge in [0, 0.05) is 43.2 Å². The van der Waals surface area contributed by atoms with Crippen LogP contribution in [0.15, 0.2) is 30.5 Å². The molecule has 1 saturated carbocycles. The minimum atomic E-state index is -0.632. The van der Waals surface area contributed by atoms with E-state index in [0.717, 1.165) is 10.9 Å². The third kappa shape index (κ3) is 3.64. The Morgan fingerprint density at radius 2 is 1.93 bits per heavy atom. The van der Waals surface area contributed by atoms with Gasteiger partial charge in [0.15, 0.2) is 0 Å². The van der Waals surface area contributed by atoms with Crippen molar-refractivity contribution < 1.29 is 19.4 Å². The largest absolute Gasteiger partial charge is 0.391 e. The smallest absolute Gasteiger partial charge is 0.253 e. The Labute approximate surface area is 164 Å². The standard InChI is InChI=1S/C21H27N3O4/c1-23-13-16(15-4-2-3-5-18(15)23)20(26)22-17-12-14(6-7-19(17)25)21(27)24-8-10-28-11-9-24/h2-5,13-14,17,19,25H,6-12H2,1H3,(H,22,26)/t14-,17+,19+/m0/s1. The molecule has 7 nitrogen and oxygen atoms in total. The molecule has 28 heavy (non-hydrogen) atoms. The van der Waals surface area contributed by atoms with Crippen LogP contribution < -0.4 is 5.32 Å². The normalized spacial score (nSPS) is 25.6. The predicted octanol–water partition coefficient (Wildman–Crippen LogP) is 1.30. The third-order valence-corrected chi connectivity index (χ3v) is 5.94. The maximum absolute atomic E-state index is 12.9. The van der Waals surface area contributed by atoms with Crippen LogP contribution in [0.4, 0.5) is 0 Å². The fraction of sp³-hybridized carbons (Fsp3) is 0.524. The van der Waals surface area contributed by atoms with Crippen LogP contribution in [-0.4, -0.2) is 64.8 Å². The van der Waals surface area contributed by atoms with E-state index in [4.69, 9.17) is 4.74 Å². The molecule has 1 aromatic heterocycles. The molecule has 0 radical (unpaired) electrons. The highest BCUT2D eigenvalue weighted by Crippen LogP contribution is 2.28. The lowest BCUT2D eigenvalue weighted by Gasteiger charge is -2.36. The number of carbonyl (C=O) groups excluding carboxylic acids is 2. The molecule has 3 atom stereocenters. The van der Waals surface area contributed by atoms with E-state index in [9.17, 15) is 14.7 Å². The number of amides is 2. The van der Waals surface area contributed by atoms with Crippen molar-refractivity contribution >= 4 is 22.7 Å². The second-order valence-corrected chi connectivity index (χ2v) is 7.77. The van der Waals surface area contributed by atoms with Crippen LogP contribution in [0.5, 0.6) is 0 Å². The van der Waals surface area contributed by atoms with Crippen molar-refractivity contribution in [2.75, 3.05) is 26.3 Å². The summed E-state index contributed by atoms with van der Waals surface area (Å²) in [5.41, 5.74) is 1.57. The zero-order chi connectivity index (χ0) is 19.7. The molecule has 2 aliphatic rings. The van der Waals surface area contributed by atoms with Gasteiger partial charge in [0.05, 0.1) is 30.9 Å². The third-order valence-electron chi connectivity index (χ3n) is 5.94. The molecule has 2 aromatic rings. The summed E-state index contributed by atoms with van der Waals surface area (Å²) in [5, 5.41) is 14.3. The van der Waals surface area contributed by atoms with Gasteiger partial charge in [-0.3, -0.25) is 9.59 Å². The highest BCUT2D eigenvalue weighted by molar-refractivity contribution is 6.07. The first-order valence-corrected chi connectivity index (χ1v) is 9.94. The topological polar surface area (TPSA) is 83.8 Å². The molecular formula is C21H27N3O4. The fourth-order valence-corrected chi connectivity index (χ4v) is 4.34. The van der Waals surface area contributed by atoms with Gasteiger partial charge in [-0.15, -0.1) is 0 Å². The van der Waals surface area contributed by atoms with Crippen molar-refractivity contribution in [3.05, 3.63) is 36.0 Å². The molecule has 2 N–H and O–H groups in total. The zero-order valence-corrected chi connectivity index (χ0v) is 16.1. The number of ether oxygens (including phenoxy) is 1. The molecule has 0 bridgehead atoms. The Morgan fingerprint density at radius 3 is 2.71 bits per heavy atom. The minimum Gasteiger partial charge on any atom is -0.391 e. The minimum absolute atomic E-state index is 0.111. The average Bonchev–Trinajstić information content (AvgIpc) is 3.07. The molecule has 0 spiro atoms. The summed E-state index contributed by atoms with van der Waals surface area (Å²) in [6.45, 7) is 2.38. The van der Waals surface area contributed by atoms with Crippen LogP contribution >= 0.6 is 0 Å². The first kappa shape index (κ1) is 19.0. The van der Waals surface area contributed by atoms with Gasteiger partial charge >= 0.3 is 0 Å². The number of aliphatic hydroxyl groups excluding tert-OH is 1. The van der Waals surface area contributed by atoms with E-state index in [-0.39, 0.29) is 17.7 Å². The number of morpholine rings is 1. The van der Waals surface area contributed by atoms with E-state index < -0.39 is 12.1 Å². The van der Waals surface area contributed by atoms with Crippen molar-refractivity contribution in [2.24, 2.45) is 13.0 Å². The number of para-hydroxylation sites is 1. The van der Waals surface area contributed by atoms with Crippen LogP contribution in [0, 0.1) is 5.92 Å². The van der Waals surface area contributed by atoms with E-state index in [2.05, 4.69) is 5.32 Å². The molecular weight excluding hydrogens is 358 g/mol. The quantitative estimate of drug-likeness (QED) is 0.834. The Bertz CT molecular complexity index is 872. The van der Waals surface area contributed by atoms with E-state index in [1.807, 2.05) is 47.0 Å². The number of aromatic nitrogens is 1. The van der Waals surface area contributed by atoms with Gasteiger partial charge in [0.2, 0.25) is 5.91 Å². The number of hydrogen-bond donors (Lipinski definition) is 2.